The minimum atomic E-state index is 0.680. The molecule has 1 aliphatic heterocycles. The van der Waals surface area contributed by atoms with Crippen LogP contribution in [0.3, 0.4) is 0 Å². The molecule has 1 saturated carbocycles. The van der Waals surface area contributed by atoms with Crippen LogP contribution in [-0.4, -0.2) is 25.2 Å². The Hall–Kier alpha value is -0.0800. The lowest BCUT2D eigenvalue weighted by atomic mass is 10.1. The van der Waals surface area contributed by atoms with Gasteiger partial charge in [-0.05, 0) is 25.7 Å². The third-order valence-electron chi connectivity index (χ3n) is 2.50. The Morgan fingerprint density at radius 1 is 1.20 bits per heavy atom. The van der Waals surface area contributed by atoms with Crippen molar-refractivity contribution < 1.29 is 0 Å². The Morgan fingerprint density at radius 2 is 2.00 bits per heavy atom. The van der Waals surface area contributed by atoms with E-state index >= 15 is 0 Å². The van der Waals surface area contributed by atoms with Crippen LogP contribution in [0.4, 0.5) is 0 Å². The van der Waals surface area contributed by atoms with E-state index in [2.05, 4.69) is 17.6 Å². The van der Waals surface area contributed by atoms with E-state index in [-0.39, 0.29) is 0 Å². The minimum absolute atomic E-state index is 0.680. The van der Waals surface area contributed by atoms with Crippen molar-refractivity contribution in [2.75, 3.05) is 13.1 Å². The first-order valence-corrected chi connectivity index (χ1v) is 4.33. The van der Waals surface area contributed by atoms with Crippen molar-refractivity contribution >= 4 is 0 Å². The molecule has 1 heterocycles. The topological polar surface area (TPSA) is 24.1 Å². The van der Waals surface area contributed by atoms with Crippen LogP contribution >= 0.6 is 0 Å². The molecule has 2 fully saturated rings. The number of rotatable bonds is 1. The summed E-state index contributed by atoms with van der Waals surface area (Å²) in [6.45, 7) is 4.58. The summed E-state index contributed by atoms with van der Waals surface area (Å²) in [6.07, 6.45) is 2.90. The van der Waals surface area contributed by atoms with Gasteiger partial charge in [-0.25, -0.2) is 0 Å². The lowest BCUT2D eigenvalue weighted by Crippen LogP contribution is -2.54. The summed E-state index contributed by atoms with van der Waals surface area (Å²) in [7, 11) is 0. The van der Waals surface area contributed by atoms with Crippen LogP contribution in [0, 0.1) is 5.92 Å². The van der Waals surface area contributed by atoms with Crippen molar-refractivity contribution in [3.05, 3.63) is 0 Å². The average Bonchev–Trinajstić information content (AvgIpc) is 2.68. The molecule has 2 nitrogen and oxygen atoms in total. The maximum atomic E-state index is 3.62. The highest BCUT2D eigenvalue weighted by molar-refractivity contribution is 4.92. The molecule has 0 aromatic heterocycles. The Bertz CT molecular complexity index is 120. The second kappa shape index (κ2) is 2.51. The quantitative estimate of drug-likeness (QED) is 0.549. The summed E-state index contributed by atoms with van der Waals surface area (Å²) in [5.41, 5.74) is 0. The van der Waals surface area contributed by atoms with Gasteiger partial charge in [0.05, 0.1) is 0 Å². The standard InChI is InChI=1S/C8H16N2/c1-6-4-9-5-8(10-6)7-2-3-7/h6-10H,2-5H2,1H3/t6-,8-/m1/s1. The molecular formula is C8H16N2. The fourth-order valence-corrected chi connectivity index (χ4v) is 1.74. The van der Waals surface area contributed by atoms with Gasteiger partial charge in [0.25, 0.3) is 0 Å². The van der Waals surface area contributed by atoms with Gasteiger partial charge in [0, 0.05) is 25.2 Å². The third-order valence-corrected chi connectivity index (χ3v) is 2.50. The zero-order valence-electron chi connectivity index (χ0n) is 6.56. The van der Waals surface area contributed by atoms with E-state index in [0.29, 0.717) is 6.04 Å². The van der Waals surface area contributed by atoms with Gasteiger partial charge in [-0.1, -0.05) is 0 Å². The van der Waals surface area contributed by atoms with Gasteiger partial charge in [-0.15, -0.1) is 0 Å². The maximum absolute atomic E-state index is 3.62. The molecule has 2 N–H and O–H groups in total. The highest BCUT2D eigenvalue weighted by atomic mass is 15.1. The number of hydrogen-bond donors (Lipinski definition) is 2. The summed E-state index contributed by atoms with van der Waals surface area (Å²) in [5.74, 6) is 0.996. The van der Waals surface area contributed by atoms with Crippen LogP contribution in [0.5, 0.6) is 0 Å². The molecule has 58 valence electrons. The van der Waals surface area contributed by atoms with Crippen molar-refractivity contribution in [2.24, 2.45) is 5.92 Å². The Balaban J connectivity index is 1.84. The highest BCUT2D eigenvalue weighted by Gasteiger charge is 2.33. The molecule has 0 amide bonds. The normalized spacial score (nSPS) is 41.7. The molecule has 0 spiro atoms. The Kier molecular flexibility index (Phi) is 1.66. The van der Waals surface area contributed by atoms with Crippen LogP contribution in [0.1, 0.15) is 19.8 Å². The van der Waals surface area contributed by atoms with Gasteiger partial charge in [0.2, 0.25) is 0 Å². The zero-order chi connectivity index (χ0) is 6.97. The van der Waals surface area contributed by atoms with Crippen molar-refractivity contribution in [3.8, 4) is 0 Å². The molecule has 2 rings (SSSR count). The van der Waals surface area contributed by atoms with E-state index in [1.54, 1.807) is 0 Å². The predicted octanol–water partition coefficient (Wildman–Crippen LogP) is 0.346. The zero-order valence-corrected chi connectivity index (χ0v) is 6.56. The van der Waals surface area contributed by atoms with Gasteiger partial charge >= 0.3 is 0 Å². The van der Waals surface area contributed by atoms with E-state index in [4.69, 9.17) is 0 Å². The smallest absolute Gasteiger partial charge is 0.0223 e. The summed E-state index contributed by atoms with van der Waals surface area (Å²) >= 11 is 0. The van der Waals surface area contributed by atoms with E-state index in [1.165, 1.54) is 19.4 Å². The molecular weight excluding hydrogens is 124 g/mol. The maximum Gasteiger partial charge on any atom is 0.0223 e. The first-order valence-electron chi connectivity index (χ1n) is 4.33. The lowest BCUT2D eigenvalue weighted by molar-refractivity contribution is 0.328. The van der Waals surface area contributed by atoms with E-state index < -0.39 is 0 Å². The molecule has 2 atom stereocenters. The Labute approximate surface area is 62.4 Å². The molecule has 0 bridgehead atoms. The van der Waals surface area contributed by atoms with Crippen LogP contribution in [0.25, 0.3) is 0 Å². The van der Waals surface area contributed by atoms with Crippen molar-refractivity contribution in [1.82, 2.24) is 10.6 Å². The molecule has 2 heteroatoms. The lowest BCUT2D eigenvalue weighted by Gasteiger charge is -2.29. The number of hydrogen-bond acceptors (Lipinski definition) is 2. The number of piperazine rings is 1. The minimum Gasteiger partial charge on any atom is -0.314 e. The van der Waals surface area contributed by atoms with Gasteiger partial charge in [-0.2, -0.15) is 0 Å². The largest absolute Gasteiger partial charge is 0.314 e. The van der Waals surface area contributed by atoms with E-state index in [0.717, 1.165) is 18.5 Å². The first kappa shape index (κ1) is 6.62. The van der Waals surface area contributed by atoms with E-state index in [9.17, 15) is 0 Å². The molecule has 0 aromatic carbocycles. The molecule has 10 heavy (non-hydrogen) atoms. The fourth-order valence-electron chi connectivity index (χ4n) is 1.74. The van der Waals surface area contributed by atoms with Crippen LogP contribution in [0.2, 0.25) is 0 Å². The summed E-state index contributed by atoms with van der Waals surface area (Å²) in [6, 6.07) is 1.46. The molecule has 1 saturated heterocycles. The van der Waals surface area contributed by atoms with Gasteiger partial charge < -0.3 is 10.6 Å². The van der Waals surface area contributed by atoms with Crippen LogP contribution in [0.15, 0.2) is 0 Å². The Morgan fingerprint density at radius 3 is 2.60 bits per heavy atom. The van der Waals surface area contributed by atoms with Gasteiger partial charge in [0.1, 0.15) is 0 Å². The number of nitrogens with one attached hydrogen (secondary N) is 2. The predicted molar refractivity (Wildman–Crippen MR) is 42.0 cm³/mol. The monoisotopic (exact) mass is 140 g/mol. The fraction of sp³-hybridized carbons (Fsp3) is 1.00. The first-order chi connectivity index (χ1) is 4.86. The van der Waals surface area contributed by atoms with Gasteiger partial charge in [0.15, 0.2) is 0 Å². The summed E-state index contributed by atoms with van der Waals surface area (Å²) in [4.78, 5) is 0. The molecule has 0 unspecified atom stereocenters. The second-order valence-electron chi connectivity index (χ2n) is 3.67. The highest BCUT2D eigenvalue weighted by Crippen LogP contribution is 2.32. The van der Waals surface area contributed by atoms with Gasteiger partial charge in [-0.3, -0.25) is 0 Å². The summed E-state index contributed by atoms with van der Waals surface area (Å²) in [5, 5.41) is 7.06. The van der Waals surface area contributed by atoms with Crippen molar-refractivity contribution in [2.45, 2.75) is 31.8 Å². The van der Waals surface area contributed by atoms with Crippen LogP contribution < -0.4 is 10.6 Å². The SMILES string of the molecule is C[C@@H]1CNC[C@H](C2CC2)N1. The molecule has 1 aliphatic carbocycles. The van der Waals surface area contributed by atoms with Crippen LogP contribution in [-0.2, 0) is 0 Å². The molecule has 2 aliphatic rings. The average molecular weight is 140 g/mol. The third kappa shape index (κ3) is 1.32. The van der Waals surface area contributed by atoms with Crippen molar-refractivity contribution in [1.29, 1.82) is 0 Å². The van der Waals surface area contributed by atoms with Crippen molar-refractivity contribution in [3.63, 3.8) is 0 Å². The molecule has 0 radical (unpaired) electrons. The second-order valence-corrected chi connectivity index (χ2v) is 3.67. The van der Waals surface area contributed by atoms with E-state index in [1.807, 2.05) is 0 Å². The summed E-state index contributed by atoms with van der Waals surface area (Å²) < 4.78 is 0. The molecule has 0 aromatic rings.